The molecule has 0 saturated heterocycles. The molecule has 0 amide bonds. The highest BCUT2D eigenvalue weighted by molar-refractivity contribution is 5.93. The van der Waals surface area contributed by atoms with Gasteiger partial charge in [0.1, 0.15) is 11.2 Å². The third-order valence-corrected chi connectivity index (χ3v) is 13.3. The zero-order valence-corrected chi connectivity index (χ0v) is 36.0. The van der Waals surface area contributed by atoms with Crippen molar-refractivity contribution in [2.45, 2.75) is 90.9 Å². The Balaban J connectivity index is 0.965. The van der Waals surface area contributed by atoms with Crippen LogP contribution in [-0.2, 0) is 10.8 Å². The van der Waals surface area contributed by atoms with E-state index in [1.54, 1.807) is 0 Å². The van der Waals surface area contributed by atoms with E-state index < -0.39 is 0 Å². The maximum Gasteiger partial charge on any atom is 0.344 e. The topological polar surface area (TPSA) is 66.9 Å². The summed E-state index contributed by atoms with van der Waals surface area (Å²) in [6, 6.07) is 37.3. The van der Waals surface area contributed by atoms with E-state index in [-0.39, 0.29) is 22.1 Å². The summed E-state index contributed by atoms with van der Waals surface area (Å²) < 4.78 is 12.2. The minimum absolute atomic E-state index is 0.0432. The number of anilines is 2. The fourth-order valence-electron chi connectivity index (χ4n) is 9.48. The standard InChI is InChI=1S/C54H56N2O4/c1-7-9-26-55(27-10-8-2)43-23-22-41-31-45(51(57)59-47(41)34-43)40-13-11-12-39(30-40)37-16-14-35(15-17-37)36-18-20-38(21-19-36)44-32-42-33-46-49-48(50(42)60-52(44)58)54(5,6)25-29-56(49)28-24-53(46,3)4/h11-23,30-34H,7-10,24-29H2,1-6H3. The van der Waals surface area contributed by atoms with E-state index in [1.165, 1.54) is 16.8 Å². The number of hydrogen-bond donors (Lipinski definition) is 0. The number of hydrogen-bond acceptors (Lipinski definition) is 6. The first-order valence-electron chi connectivity index (χ1n) is 22.0. The second-order valence-electron chi connectivity index (χ2n) is 18.4. The zero-order chi connectivity index (χ0) is 41.8. The Morgan fingerprint density at radius 2 is 1.15 bits per heavy atom. The highest BCUT2D eigenvalue weighted by Crippen LogP contribution is 2.52. The zero-order valence-electron chi connectivity index (χ0n) is 36.0. The lowest BCUT2D eigenvalue weighted by Gasteiger charge is -2.48. The van der Waals surface area contributed by atoms with Crippen molar-refractivity contribution in [1.29, 1.82) is 0 Å². The highest BCUT2D eigenvalue weighted by atomic mass is 16.4. The summed E-state index contributed by atoms with van der Waals surface area (Å²) in [5, 5.41) is 1.91. The molecule has 6 nitrogen and oxygen atoms in total. The molecule has 5 aromatic carbocycles. The molecule has 0 spiro atoms. The van der Waals surface area contributed by atoms with E-state index in [2.05, 4.69) is 118 Å². The lowest BCUT2D eigenvalue weighted by Crippen LogP contribution is -2.44. The first-order valence-corrected chi connectivity index (χ1v) is 22.0. The van der Waals surface area contributed by atoms with Gasteiger partial charge in [-0.1, -0.05) is 121 Å². The number of benzene rings is 5. The molecule has 306 valence electrons. The van der Waals surface area contributed by atoms with Crippen LogP contribution in [0.15, 0.2) is 128 Å². The molecule has 0 bridgehead atoms. The minimum Gasteiger partial charge on any atom is -0.422 e. The molecule has 2 aliphatic heterocycles. The molecule has 0 saturated carbocycles. The number of rotatable bonds is 11. The molecule has 0 radical (unpaired) electrons. The van der Waals surface area contributed by atoms with Crippen molar-refractivity contribution in [2.75, 3.05) is 36.0 Å². The molecule has 0 N–H and O–H groups in total. The van der Waals surface area contributed by atoms with Crippen LogP contribution in [-0.4, -0.2) is 26.2 Å². The van der Waals surface area contributed by atoms with Gasteiger partial charge in [-0.15, -0.1) is 0 Å². The van der Waals surface area contributed by atoms with Gasteiger partial charge in [-0.05, 0) is 112 Å². The third-order valence-electron chi connectivity index (χ3n) is 13.3. The Bertz CT molecular complexity index is 2840. The van der Waals surface area contributed by atoms with Gasteiger partial charge in [-0.3, -0.25) is 0 Å². The monoisotopic (exact) mass is 796 g/mol. The molecule has 4 heterocycles. The van der Waals surface area contributed by atoms with Crippen LogP contribution in [0.3, 0.4) is 0 Å². The summed E-state index contributed by atoms with van der Waals surface area (Å²) in [7, 11) is 0. The third kappa shape index (κ3) is 7.24. The fourth-order valence-corrected chi connectivity index (χ4v) is 9.48. The molecule has 2 aliphatic rings. The van der Waals surface area contributed by atoms with Gasteiger partial charge < -0.3 is 18.6 Å². The van der Waals surface area contributed by atoms with Gasteiger partial charge in [0.2, 0.25) is 0 Å². The Morgan fingerprint density at radius 3 is 1.82 bits per heavy atom. The summed E-state index contributed by atoms with van der Waals surface area (Å²) in [5.41, 5.74) is 12.6. The van der Waals surface area contributed by atoms with Gasteiger partial charge in [-0.2, -0.15) is 0 Å². The molecular formula is C54H56N2O4. The van der Waals surface area contributed by atoms with Gasteiger partial charge >= 0.3 is 11.3 Å². The molecule has 0 fully saturated rings. The van der Waals surface area contributed by atoms with E-state index in [9.17, 15) is 9.59 Å². The summed E-state index contributed by atoms with van der Waals surface area (Å²) in [6.45, 7) is 17.7. The molecule has 7 aromatic rings. The van der Waals surface area contributed by atoms with E-state index in [0.717, 1.165) is 120 Å². The normalized spacial score (nSPS) is 15.3. The predicted octanol–water partition coefficient (Wildman–Crippen LogP) is 13.1. The van der Waals surface area contributed by atoms with Gasteiger partial charge in [0.25, 0.3) is 0 Å². The molecule has 60 heavy (non-hydrogen) atoms. The van der Waals surface area contributed by atoms with Crippen LogP contribution in [0.1, 0.15) is 91.2 Å². The average molecular weight is 797 g/mol. The van der Waals surface area contributed by atoms with Crippen LogP contribution >= 0.6 is 0 Å². The van der Waals surface area contributed by atoms with Gasteiger partial charge in [0.05, 0.1) is 11.1 Å². The van der Waals surface area contributed by atoms with Crippen molar-refractivity contribution in [2.24, 2.45) is 0 Å². The largest absolute Gasteiger partial charge is 0.422 e. The van der Waals surface area contributed by atoms with Crippen LogP contribution in [0, 0.1) is 0 Å². The molecule has 0 atom stereocenters. The smallest absolute Gasteiger partial charge is 0.344 e. The Kier molecular flexibility index (Phi) is 10.3. The van der Waals surface area contributed by atoms with E-state index in [0.29, 0.717) is 16.7 Å². The minimum atomic E-state index is -0.335. The second kappa shape index (κ2) is 15.6. The lowest BCUT2D eigenvalue weighted by molar-refractivity contribution is 0.398. The van der Waals surface area contributed by atoms with Gasteiger partial charge in [0, 0.05) is 60.0 Å². The lowest BCUT2D eigenvalue weighted by atomic mass is 9.69. The molecule has 0 aliphatic carbocycles. The summed E-state index contributed by atoms with van der Waals surface area (Å²) in [5.74, 6) is 0. The maximum absolute atomic E-state index is 13.7. The van der Waals surface area contributed by atoms with Gasteiger partial charge in [-0.25, -0.2) is 9.59 Å². The van der Waals surface area contributed by atoms with Crippen LogP contribution in [0.25, 0.3) is 66.4 Å². The molecule has 2 aromatic heterocycles. The fraction of sp³-hybridized carbons (Fsp3) is 0.333. The molecular weight excluding hydrogens is 741 g/mol. The van der Waals surface area contributed by atoms with E-state index in [4.69, 9.17) is 8.83 Å². The molecule has 0 unspecified atom stereocenters. The van der Waals surface area contributed by atoms with Crippen molar-refractivity contribution in [1.82, 2.24) is 0 Å². The Morgan fingerprint density at radius 1 is 0.583 bits per heavy atom. The summed E-state index contributed by atoms with van der Waals surface area (Å²) in [6.07, 6.45) is 6.67. The first-order chi connectivity index (χ1) is 28.9. The molecule has 9 rings (SSSR count). The van der Waals surface area contributed by atoms with Crippen molar-refractivity contribution < 1.29 is 8.83 Å². The first kappa shape index (κ1) is 39.6. The highest BCUT2D eigenvalue weighted by Gasteiger charge is 2.42. The van der Waals surface area contributed by atoms with Crippen molar-refractivity contribution in [3.8, 4) is 44.5 Å². The summed E-state index contributed by atoms with van der Waals surface area (Å²) >= 11 is 0. The van der Waals surface area contributed by atoms with Crippen LogP contribution in [0.5, 0.6) is 0 Å². The average Bonchev–Trinajstić information content (AvgIpc) is 3.25. The Hall–Kier alpha value is -5.88. The van der Waals surface area contributed by atoms with Crippen molar-refractivity contribution in [3.05, 3.63) is 141 Å². The van der Waals surface area contributed by atoms with Crippen LogP contribution < -0.4 is 21.1 Å². The van der Waals surface area contributed by atoms with Crippen molar-refractivity contribution >= 4 is 33.3 Å². The predicted molar refractivity (Wildman–Crippen MR) is 250 cm³/mol. The van der Waals surface area contributed by atoms with Crippen LogP contribution in [0.4, 0.5) is 11.4 Å². The quantitative estimate of drug-likeness (QED) is 0.121. The number of fused-ring (bicyclic) bond motifs is 3. The van der Waals surface area contributed by atoms with Gasteiger partial charge in [0.15, 0.2) is 0 Å². The molecule has 6 heteroatoms. The second-order valence-corrected chi connectivity index (χ2v) is 18.4. The van der Waals surface area contributed by atoms with Crippen LogP contribution in [0.2, 0.25) is 0 Å². The summed E-state index contributed by atoms with van der Waals surface area (Å²) in [4.78, 5) is 32.1. The number of nitrogens with zero attached hydrogens (tertiary/aromatic N) is 2. The number of unbranched alkanes of at least 4 members (excludes halogenated alkanes) is 2. The van der Waals surface area contributed by atoms with E-state index >= 15 is 0 Å². The SMILES string of the molecule is CCCCN(CCCC)c1ccc2cc(-c3cccc(-c4ccc(-c5ccc(-c6cc7cc8c9c(c7oc6=O)C(C)(C)CCN9CCC8(C)C)cc5)cc4)c3)c(=O)oc2c1. The van der Waals surface area contributed by atoms with Crippen molar-refractivity contribution in [3.63, 3.8) is 0 Å². The maximum atomic E-state index is 13.7. The Labute approximate surface area is 353 Å². The van der Waals surface area contributed by atoms with E-state index in [1.807, 2.05) is 42.5 Å².